The van der Waals surface area contributed by atoms with Crippen molar-refractivity contribution in [3.63, 3.8) is 0 Å². The summed E-state index contributed by atoms with van der Waals surface area (Å²) >= 11 is 4.47. The summed E-state index contributed by atoms with van der Waals surface area (Å²) in [4.78, 5) is 16.7. The molecule has 1 saturated carbocycles. The maximum absolute atomic E-state index is 14.6. The normalized spacial score (nSPS) is 27.8. The van der Waals surface area contributed by atoms with E-state index in [4.69, 9.17) is 9.47 Å². The Morgan fingerprint density at radius 1 is 1.43 bits per heavy atom. The van der Waals surface area contributed by atoms with E-state index in [0.717, 1.165) is 17.8 Å². The lowest BCUT2D eigenvalue weighted by molar-refractivity contribution is 0.120. The number of carbonyl (C=O) groups excluding carboxylic acids is 1. The van der Waals surface area contributed by atoms with Crippen LogP contribution in [0.5, 0.6) is 0 Å². The molecule has 1 aromatic rings. The lowest BCUT2D eigenvalue weighted by atomic mass is 9.86. The standard InChI is InChI=1S/C20H27BrF2N2O3SSi/c1-19(14-9-13(21)5-6-15(14)23)16-10-20(16,11-22)29-18(25-19)28-17(26)24-12-27-7-8-30(2,3)4/h5-6,9,16H,7-8,10-12H2,1-4H3,(H,24,26)/t16-,19+,20+/m0/s1. The van der Waals surface area contributed by atoms with Crippen molar-refractivity contribution in [3.8, 4) is 0 Å². The van der Waals surface area contributed by atoms with E-state index in [2.05, 4.69) is 45.9 Å². The highest BCUT2D eigenvalue weighted by Gasteiger charge is 2.67. The number of amides is 1. The number of carbonyl (C=O) groups is 1. The Bertz CT molecular complexity index is 854. The van der Waals surface area contributed by atoms with Gasteiger partial charge in [0.2, 0.25) is 0 Å². The lowest BCUT2D eigenvalue weighted by Gasteiger charge is -2.33. The molecular formula is C20H27BrF2N2O3SSi. The van der Waals surface area contributed by atoms with Gasteiger partial charge in [0.1, 0.15) is 19.2 Å². The summed E-state index contributed by atoms with van der Waals surface area (Å²) < 4.78 is 39.2. The highest BCUT2D eigenvalue weighted by atomic mass is 79.9. The summed E-state index contributed by atoms with van der Waals surface area (Å²) in [6.07, 6.45) is -0.187. The number of benzene rings is 1. The summed E-state index contributed by atoms with van der Waals surface area (Å²) in [6, 6.07) is 5.60. The van der Waals surface area contributed by atoms with Crippen LogP contribution in [0.1, 0.15) is 18.9 Å². The summed E-state index contributed by atoms with van der Waals surface area (Å²) in [5.74, 6) is -0.597. The van der Waals surface area contributed by atoms with Gasteiger partial charge in [-0.3, -0.25) is 5.32 Å². The fourth-order valence-electron chi connectivity index (χ4n) is 3.60. The van der Waals surface area contributed by atoms with E-state index in [1.807, 2.05) is 0 Å². The Balaban J connectivity index is 1.69. The van der Waals surface area contributed by atoms with Gasteiger partial charge >= 0.3 is 6.09 Å². The second kappa shape index (κ2) is 8.88. The minimum Gasteiger partial charge on any atom is -0.385 e. The van der Waals surface area contributed by atoms with E-state index in [9.17, 15) is 13.6 Å². The van der Waals surface area contributed by atoms with E-state index in [1.165, 1.54) is 6.07 Å². The van der Waals surface area contributed by atoms with Crippen LogP contribution in [0.4, 0.5) is 13.6 Å². The van der Waals surface area contributed by atoms with Crippen LogP contribution in [-0.4, -0.2) is 44.2 Å². The first kappa shape index (κ1) is 23.7. The van der Waals surface area contributed by atoms with E-state index >= 15 is 0 Å². The van der Waals surface area contributed by atoms with E-state index in [-0.39, 0.29) is 17.9 Å². The molecule has 5 nitrogen and oxygen atoms in total. The number of alkyl carbamates (subject to hydrolysis) is 1. The Kier molecular flexibility index (Phi) is 7.01. The summed E-state index contributed by atoms with van der Waals surface area (Å²) in [7, 11) is -1.20. The molecule has 0 saturated heterocycles. The minimum absolute atomic E-state index is 0.0235. The van der Waals surface area contributed by atoms with Crippen LogP contribution in [0.2, 0.25) is 25.7 Å². The van der Waals surface area contributed by atoms with Crippen LogP contribution in [0, 0.1) is 11.7 Å². The van der Waals surface area contributed by atoms with Gasteiger partial charge in [-0.2, -0.15) is 0 Å². The average molecular weight is 522 g/mol. The van der Waals surface area contributed by atoms with Crippen molar-refractivity contribution in [3.05, 3.63) is 34.1 Å². The quantitative estimate of drug-likeness (QED) is 0.285. The molecule has 1 fully saturated rings. The van der Waals surface area contributed by atoms with Gasteiger partial charge in [0.05, 0.1) is 10.3 Å². The zero-order valence-electron chi connectivity index (χ0n) is 17.6. The predicted molar refractivity (Wildman–Crippen MR) is 122 cm³/mol. The number of fused-ring (bicyclic) bond motifs is 1. The van der Waals surface area contributed by atoms with Crippen LogP contribution in [0.3, 0.4) is 0 Å². The molecule has 10 heteroatoms. The van der Waals surface area contributed by atoms with Gasteiger partial charge in [0.15, 0.2) is 0 Å². The van der Waals surface area contributed by atoms with Gasteiger partial charge in [-0.05, 0) is 37.6 Å². The van der Waals surface area contributed by atoms with Crippen molar-refractivity contribution < 1.29 is 23.0 Å². The zero-order valence-corrected chi connectivity index (χ0v) is 21.0. The topological polar surface area (TPSA) is 59.9 Å². The number of aliphatic imine (C=N–C) groups is 1. The van der Waals surface area contributed by atoms with Gasteiger partial charge in [-0.15, -0.1) is 0 Å². The first-order valence-corrected chi connectivity index (χ1v) is 15.1. The number of hydrogen-bond acceptors (Lipinski definition) is 5. The first-order chi connectivity index (χ1) is 14.0. The minimum atomic E-state index is -1.20. The molecule has 1 heterocycles. The molecule has 1 aliphatic heterocycles. The van der Waals surface area contributed by atoms with E-state index in [0.29, 0.717) is 23.1 Å². The molecule has 3 rings (SSSR count). The Morgan fingerprint density at radius 2 is 2.17 bits per heavy atom. The number of nitrogens with zero attached hydrogens (tertiary/aromatic N) is 1. The number of rotatable bonds is 7. The summed E-state index contributed by atoms with van der Waals surface area (Å²) in [6.45, 7) is 8.49. The Hall–Kier alpha value is -0.973. The fourth-order valence-corrected chi connectivity index (χ4v) is 6.10. The molecule has 0 bridgehead atoms. The summed E-state index contributed by atoms with van der Waals surface area (Å²) in [5, 5.41) is 2.57. The largest absolute Gasteiger partial charge is 0.416 e. The fraction of sp³-hybridized carbons (Fsp3) is 0.600. The maximum Gasteiger partial charge on any atom is 0.416 e. The smallest absolute Gasteiger partial charge is 0.385 e. The van der Waals surface area contributed by atoms with Crippen molar-refractivity contribution in [1.82, 2.24) is 5.32 Å². The van der Waals surface area contributed by atoms with Crippen molar-refractivity contribution in [1.29, 1.82) is 0 Å². The highest BCUT2D eigenvalue weighted by molar-refractivity contribution is 9.10. The second-order valence-electron chi connectivity index (χ2n) is 9.14. The molecule has 0 unspecified atom stereocenters. The third kappa shape index (κ3) is 5.25. The molecule has 3 atom stereocenters. The molecule has 1 amide bonds. The van der Waals surface area contributed by atoms with Crippen LogP contribution >= 0.6 is 27.7 Å². The molecule has 2 aliphatic rings. The van der Waals surface area contributed by atoms with E-state index in [1.54, 1.807) is 19.1 Å². The number of thioether (sulfide) groups is 1. The van der Waals surface area contributed by atoms with Crippen LogP contribution in [0.15, 0.2) is 27.7 Å². The van der Waals surface area contributed by atoms with Crippen LogP contribution < -0.4 is 5.32 Å². The maximum atomic E-state index is 14.6. The van der Waals surface area contributed by atoms with Crippen LogP contribution in [-0.2, 0) is 15.0 Å². The number of nitrogens with one attached hydrogen (secondary N) is 1. The average Bonchev–Trinajstić information content (AvgIpc) is 3.38. The molecule has 0 aromatic heterocycles. The van der Waals surface area contributed by atoms with Crippen molar-refractivity contribution in [2.24, 2.45) is 10.9 Å². The SMILES string of the molecule is C[C@]1(c2cc(Br)ccc2F)N=C(OC(=O)NCOCC[Si](C)(C)C)S[C@@]2(CF)C[C@H]21. The van der Waals surface area contributed by atoms with Gasteiger partial charge in [-0.25, -0.2) is 18.6 Å². The molecular weight excluding hydrogens is 494 g/mol. The Morgan fingerprint density at radius 3 is 2.83 bits per heavy atom. The van der Waals surface area contributed by atoms with Gasteiger partial charge in [-0.1, -0.05) is 47.3 Å². The first-order valence-electron chi connectivity index (χ1n) is 9.83. The van der Waals surface area contributed by atoms with Crippen molar-refractivity contribution in [2.45, 2.75) is 49.3 Å². The molecule has 0 radical (unpaired) electrons. The van der Waals surface area contributed by atoms with Gasteiger partial charge in [0.25, 0.3) is 5.23 Å². The number of ether oxygens (including phenoxy) is 2. The molecule has 30 heavy (non-hydrogen) atoms. The molecule has 1 aliphatic carbocycles. The van der Waals surface area contributed by atoms with Crippen molar-refractivity contribution >= 4 is 47.1 Å². The Labute approximate surface area is 189 Å². The summed E-state index contributed by atoms with van der Waals surface area (Å²) in [5.41, 5.74) is -0.664. The molecule has 1 N–H and O–H groups in total. The highest BCUT2D eigenvalue weighted by Crippen LogP contribution is 2.66. The van der Waals surface area contributed by atoms with Gasteiger partial charge < -0.3 is 9.47 Å². The van der Waals surface area contributed by atoms with Crippen LogP contribution in [0.25, 0.3) is 0 Å². The molecule has 0 spiro atoms. The number of alkyl halides is 1. The third-order valence-corrected chi connectivity index (χ3v) is 9.03. The van der Waals surface area contributed by atoms with E-state index < -0.39 is 36.9 Å². The van der Waals surface area contributed by atoms with Gasteiger partial charge in [0, 0.05) is 30.6 Å². The number of hydrogen-bond donors (Lipinski definition) is 1. The predicted octanol–water partition coefficient (Wildman–Crippen LogP) is 5.67. The van der Waals surface area contributed by atoms with Crippen molar-refractivity contribution in [2.75, 3.05) is 20.0 Å². The number of halogens is 3. The monoisotopic (exact) mass is 520 g/mol. The lowest BCUT2D eigenvalue weighted by Crippen LogP contribution is -2.37. The zero-order chi connectivity index (χ0) is 22.2. The third-order valence-electron chi connectivity index (χ3n) is 5.51. The molecule has 1 aromatic carbocycles. The molecule has 166 valence electrons. The second-order valence-corrected chi connectivity index (χ2v) is 17.0.